The third kappa shape index (κ3) is 5.23. The van der Waals surface area contributed by atoms with Crippen LogP contribution in [0.2, 0.25) is 0 Å². The Morgan fingerprint density at radius 2 is 1.97 bits per heavy atom. The number of aromatic nitrogens is 1. The van der Waals surface area contributed by atoms with Crippen molar-refractivity contribution < 1.29 is 19.1 Å². The van der Waals surface area contributed by atoms with Gasteiger partial charge in [0.05, 0.1) is 13.7 Å². The summed E-state index contributed by atoms with van der Waals surface area (Å²) < 4.78 is 12.4. The first-order valence-electron chi connectivity index (χ1n) is 9.19. The third-order valence-electron chi connectivity index (χ3n) is 4.62. The van der Waals surface area contributed by atoms with Gasteiger partial charge in [0.2, 0.25) is 5.78 Å². The van der Waals surface area contributed by atoms with Crippen molar-refractivity contribution in [2.45, 2.75) is 20.4 Å². The molecule has 0 aliphatic rings. The molecule has 0 bridgehead atoms. The first-order valence-corrected chi connectivity index (χ1v) is 10.1. The van der Waals surface area contributed by atoms with Gasteiger partial charge >= 0.3 is 5.97 Å². The predicted octanol–water partition coefficient (Wildman–Crippen LogP) is 4.66. The summed E-state index contributed by atoms with van der Waals surface area (Å²) in [6, 6.07) is 13.2. The highest BCUT2D eigenvalue weighted by Gasteiger charge is 2.17. The molecule has 0 aliphatic carbocycles. The van der Waals surface area contributed by atoms with Crippen molar-refractivity contribution in [2.24, 2.45) is 0 Å². The van der Waals surface area contributed by atoms with Crippen molar-refractivity contribution in [3.05, 3.63) is 81.3 Å². The van der Waals surface area contributed by atoms with Crippen LogP contribution in [0.15, 0.2) is 53.9 Å². The van der Waals surface area contributed by atoms with Gasteiger partial charge in [-0.25, -0.2) is 4.79 Å². The summed E-state index contributed by atoms with van der Waals surface area (Å²) in [4.78, 5) is 25.8. The van der Waals surface area contributed by atoms with E-state index < -0.39 is 5.97 Å². The minimum atomic E-state index is -0.562. The molecule has 0 unspecified atom stereocenters. The molecule has 0 saturated heterocycles. The fourth-order valence-corrected chi connectivity index (χ4v) is 3.75. The zero-order chi connectivity index (χ0) is 20.8. The normalized spacial score (nSPS) is 11.0. The van der Waals surface area contributed by atoms with Crippen LogP contribution in [0.1, 0.15) is 32.2 Å². The van der Waals surface area contributed by atoms with Gasteiger partial charge in [0.1, 0.15) is 5.75 Å². The van der Waals surface area contributed by atoms with Crippen molar-refractivity contribution in [3.8, 4) is 5.75 Å². The molecule has 0 amide bonds. The summed E-state index contributed by atoms with van der Waals surface area (Å²) in [5.41, 5.74) is 3.28. The van der Waals surface area contributed by atoms with Crippen LogP contribution in [0.4, 0.5) is 0 Å². The second kappa shape index (κ2) is 9.39. The van der Waals surface area contributed by atoms with E-state index in [-0.39, 0.29) is 12.4 Å². The van der Waals surface area contributed by atoms with E-state index in [1.165, 1.54) is 11.0 Å². The smallest absolute Gasteiger partial charge is 0.331 e. The van der Waals surface area contributed by atoms with E-state index in [0.29, 0.717) is 11.3 Å². The molecular formula is C23H23NO4S. The first kappa shape index (κ1) is 20.6. The van der Waals surface area contributed by atoms with Crippen LogP contribution < -0.4 is 4.74 Å². The lowest BCUT2D eigenvalue weighted by molar-refractivity contribution is -0.136. The van der Waals surface area contributed by atoms with E-state index in [4.69, 9.17) is 9.47 Å². The van der Waals surface area contributed by atoms with Crippen LogP contribution in [0, 0.1) is 13.8 Å². The number of Topliss-reactive ketones (excluding diaryl/α,β-unsaturated/α-hetero) is 1. The number of hydrogen-bond donors (Lipinski definition) is 0. The average Bonchev–Trinajstić information content (AvgIpc) is 3.34. The maximum absolute atomic E-state index is 12.6. The molecule has 150 valence electrons. The molecule has 0 radical (unpaired) electrons. The number of ketones is 1. The fourth-order valence-electron chi connectivity index (χ4n) is 3.06. The van der Waals surface area contributed by atoms with E-state index >= 15 is 0 Å². The zero-order valence-electron chi connectivity index (χ0n) is 16.7. The molecule has 5 nitrogen and oxygen atoms in total. The third-order valence-corrected chi connectivity index (χ3v) is 5.48. The van der Waals surface area contributed by atoms with Gasteiger partial charge in [-0.3, -0.25) is 4.79 Å². The molecule has 3 aromatic rings. The molecule has 1 aromatic carbocycles. The Morgan fingerprint density at radius 1 is 1.14 bits per heavy atom. The highest BCUT2D eigenvalue weighted by Crippen LogP contribution is 2.20. The van der Waals surface area contributed by atoms with Crippen LogP contribution >= 0.6 is 11.3 Å². The van der Waals surface area contributed by atoms with E-state index in [1.54, 1.807) is 30.6 Å². The van der Waals surface area contributed by atoms with Crippen molar-refractivity contribution >= 4 is 29.2 Å². The minimum Gasteiger partial charge on any atom is -0.497 e. The molecular weight excluding hydrogens is 386 g/mol. The van der Waals surface area contributed by atoms with E-state index in [0.717, 1.165) is 23.5 Å². The Morgan fingerprint density at radius 3 is 2.69 bits per heavy atom. The quantitative estimate of drug-likeness (QED) is 0.308. The average molecular weight is 410 g/mol. The highest BCUT2D eigenvalue weighted by atomic mass is 32.1. The van der Waals surface area contributed by atoms with Crippen molar-refractivity contribution in [1.82, 2.24) is 4.57 Å². The lowest BCUT2D eigenvalue weighted by atomic mass is 10.1. The summed E-state index contributed by atoms with van der Waals surface area (Å²) in [5, 5.41) is 2.04. The van der Waals surface area contributed by atoms with Gasteiger partial charge in [-0.2, -0.15) is 0 Å². The van der Waals surface area contributed by atoms with Crippen LogP contribution in [0.3, 0.4) is 0 Å². The van der Waals surface area contributed by atoms with Gasteiger partial charge in [-0.1, -0.05) is 18.2 Å². The van der Waals surface area contributed by atoms with E-state index in [9.17, 15) is 9.59 Å². The molecule has 2 aromatic heterocycles. The number of aryl methyl sites for hydroxylation is 1. The van der Waals surface area contributed by atoms with Gasteiger partial charge in [0.25, 0.3) is 0 Å². The maximum atomic E-state index is 12.6. The Hall–Kier alpha value is -3.12. The van der Waals surface area contributed by atoms with Crippen LogP contribution in [-0.2, 0) is 16.1 Å². The van der Waals surface area contributed by atoms with Crippen molar-refractivity contribution in [2.75, 3.05) is 13.7 Å². The van der Waals surface area contributed by atoms with Gasteiger partial charge in [0.15, 0.2) is 6.61 Å². The number of thiophene rings is 1. The lowest BCUT2D eigenvalue weighted by Gasteiger charge is -2.08. The molecule has 3 rings (SSSR count). The zero-order valence-corrected chi connectivity index (χ0v) is 17.5. The van der Waals surface area contributed by atoms with Gasteiger partial charge < -0.3 is 14.0 Å². The minimum absolute atomic E-state index is 0.210. The van der Waals surface area contributed by atoms with Gasteiger partial charge in [0, 0.05) is 27.9 Å². The number of methoxy groups -OCH3 is 1. The molecule has 0 N–H and O–H groups in total. The monoisotopic (exact) mass is 409 g/mol. The molecule has 29 heavy (non-hydrogen) atoms. The van der Waals surface area contributed by atoms with Crippen molar-refractivity contribution in [3.63, 3.8) is 0 Å². The van der Waals surface area contributed by atoms with E-state index in [2.05, 4.69) is 10.6 Å². The highest BCUT2D eigenvalue weighted by molar-refractivity contribution is 7.09. The summed E-state index contributed by atoms with van der Waals surface area (Å²) in [6.45, 7) is 4.33. The number of nitrogens with zero attached hydrogens (tertiary/aromatic N) is 1. The summed E-state index contributed by atoms with van der Waals surface area (Å²) in [7, 11) is 1.58. The Balaban J connectivity index is 1.60. The topological polar surface area (TPSA) is 57.5 Å². The number of carbonyl (C=O) groups excluding carboxylic acids is 2. The van der Waals surface area contributed by atoms with Gasteiger partial charge in [-0.15, -0.1) is 11.3 Å². The fraction of sp³-hybridized carbons (Fsp3) is 0.217. The number of rotatable bonds is 8. The number of benzene rings is 1. The number of carbonyl (C=O) groups is 2. The lowest BCUT2D eigenvalue weighted by Crippen LogP contribution is -2.13. The standard InChI is InChI=1S/C23H23NO4S/c1-16-12-21(17(2)24(16)14-20-8-5-11-29-20)22(25)15-28-23(26)10-9-18-6-4-7-19(13-18)27-3/h4-13H,14-15H2,1-3H3/b10-9+. The molecule has 0 spiro atoms. The Kier molecular flexibility index (Phi) is 6.67. The summed E-state index contributed by atoms with van der Waals surface area (Å²) >= 11 is 1.68. The van der Waals surface area contributed by atoms with Crippen molar-refractivity contribution in [1.29, 1.82) is 0 Å². The SMILES string of the molecule is COc1cccc(/C=C/C(=O)OCC(=O)c2cc(C)n(Cc3cccs3)c2C)c1. The second-order valence-electron chi connectivity index (χ2n) is 6.59. The summed E-state index contributed by atoms with van der Waals surface area (Å²) in [5.74, 6) is -0.0687. The van der Waals surface area contributed by atoms with Gasteiger partial charge in [-0.05, 0) is 55.1 Å². The second-order valence-corrected chi connectivity index (χ2v) is 7.62. The van der Waals surface area contributed by atoms with Crippen LogP contribution in [0.5, 0.6) is 5.75 Å². The Labute approximate surface area is 174 Å². The molecule has 0 aliphatic heterocycles. The van der Waals surface area contributed by atoms with Crippen LogP contribution in [0.25, 0.3) is 6.08 Å². The number of esters is 1. The van der Waals surface area contributed by atoms with Crippen LogP contribution in [-0.4, -0.2) is 30.0 Å². The molecule has 2 heterocycles. The predicted molar refractivity (Wildman–Crippen MR) is 115 cm³/mol. The first-order chi connectivity index (χ1) is 14.0. The maximum Gasteiger partial charge on any atom is 0.331 e. The van der Waals surface area contributed by atoms with E-state index in [1.807, 2.05) is 49.6 Å². The number of hydrogen-bond acceptors (Lipinski definition) is 5. The molecule has 0 fully saturated rings. The molecule has 0 atom stereocenters. The Bertz CT molecular complexity index is 1030. The molecule has 6 heteroatoms. The number of ether oxygens (including phenoxy) is 2. The summed E-state index contributed by atoms with van der Waals surface area (Å²) in [6.07, 6.45) is 2.93. The molecule has 0 saturated carbocycles. The largest absolute Gasteiger partial charge is 0.497 e.